The molecule has 1 rings (SSSR count). The van der Waals surface area contributed by atoms with Crippen LogP contribution in [0.4, 0.5) is 0 Å². The Kier molecular flexibility index (Phi) is 4.72. The highest BCUT2D eigenvalue weighted by Crippen LogP contribution is 2.24. The molecule has 0 aliphatic carbocycles. The van der Waals surface area contributed by atoms with Gasteiger partial charge in [0.05, 0.1) is 7.11 Å². The first kappa shape index (κ1) is 13.3. The molecule has 92 valence electrons. The number of methoxy groups -OCH3 is 1. The fourth-order valence-electron chi connectivity index (χ4n) is 1.49. The summed E-state index contributed by atoms with van der Waals surface area (Å²) in [5.41, 5.74) is 1.14. The molecule has 0 aliphatic heterocycles. The molecule has 1 atom stereocenters. The Morgan fingerprint density at radius 3 is 2.76 bits per heavy atom. The molecule has 0 spiro atoms. The monoisotopic (exact) mass is 235 g/mol. The number of hydrogen-bond acceptors (Lipinski definition) is 3. The van der Waals surface area contributed by atoms with Crippen LogP contribution in [-0.2, 0) is 4.79 Å². The molecule has 17 heavy (non-hydrogen) atoms. The zero-order chi connectivity index (χ0) is 12.8. The lowest BCUT2D eigenvalue weighted by molar-refractivity contribution is -0.132. The van der Waals surface area contributed by atoms with Gasteiger partial charge in [0.1, 0.15) is 5.75 Å². The standard InChI is InChI=1S/C13H17NO3/c1-9(13(15)16)8-14-10(2)11-6-4-5-7-12(11)17-3/h4-7,10,14H,1,8H2,2-3H3,(H,15,16)/t10-/m0/s1. The van der Waals surface area contributed by atoms with Gasteiger partial charge in [-0.1, -0.05) is 24.8 Å². The number of aliphatic carboxylic acids is 1. The fraction of sp³-hybridized carbons (Fsp3) is 0.308. The van der Waals surface area contributed by atoms with Gasteiger partial charge in [-0.15, -0.1) is 0 Å². The number of nitrogens with one attached hydrogen (secondary N) is 1. The van der Waals surface area contributed by atoms with Crippen molar-refractivity contribution in [1.29, 1.82) is 0 Å². The molecule has 4 heteroatoms. The number of carboxylic acids is 1. The van der Waals surface area contributed by atoms with E-state index in [1.807, 2.05) is 31.2 Å². The summed E-state index contributed by atoms with van der Waals surface area (Å²) >= 11 is 0. The van der Waals surface area contributed by atoms with Crippen LogP contribution in [0, 0.1) is 0 Å². The lowest BCUT2D eigenvalue weighted by atomic mass is 10.1. The van der Waals surface area contributed by atoms with E-state index in [9.17, 15) is 4.79 Å². The molecule has 1 aromatic rings. The van der Waals surface area contributed by atoms with E-state index in [2.05, 4.69) is 11.9 Å². The van der Waals surface area contributed by atoms with Crippen LogP contribution in [0.1, 0.15) is 18.5 Å². The van der Waals surface area contributed by atoms with Crippen molar-refractivity contribution in [3.63, 3.8) is 0 Å². The molecule has 1 aromatic carbocycles. The van der Waals surface area contributed by atoms with Crippen molar-refractivity contribution < 1.29 is 14.6 Å². The zero-order valence-electron chi connectivity index (χ0n) is 10.1. The first-order chi connectivity index (χ1) is 8.06. The van der Waals surface area contributed by atoms with Crippen LogP contribution in [0.3, 0.4) is 0 Å². The van der Waals surface area contributed by atoms with E-state index < -0.39 is 5.97 Å². The van der Waals surface area contributed by atoms with Crippen molar-refractivity contribution in [3.05, 3.63) is 42.0 Å². The van der Waals surface area contributed by atoms with Gasteiger partial charge in [0, 0.05) is 23.7 Å². The molecule has 0 heterocycles. The Hall–Kier alpha value is -1.81. The SMILES string of the molecule is C=C(CN[C@@H](C)c1ccccc1OC)C(=O)O. The number of rotatable bonds is 6. The first-order valence-corrected chi connectivity index (χ1v) is 5.33. The highest BCUT2D eigenvalue weighted by molar-refractivity contribution is 5.86. The van der Waals surface area contributed by atoms with E-state index in [0.717, 1.165) is 11.3 Å². The maximum atomic E-state index is 10.6. The first-order valence-electron chi connectivity index (χ1n) is 5.33. The van der Waals surface area contributed by atoms with Gasteiger partial charge in [-0.05, 0) is 13.0 Å². The van der Waals surface area contributed by atoms with Gasteiger partial charge in [-0.3, -0.25) is 0 Å². The Morgan fingerprint density at radius 2 is 2.18 bits per heavy atom. The average Bonchev–Trinajstić information content (AvgIpc) is 2.35. The van der Waals surface area contributed by atoms with Crippen LogP contribution < -0.4 is 10.1 Å². The molecule has 0 bridgehead atoms. The Morgan fingerprint density at radius 1 is 1.53 bits per heavy atom. The van der Waals surface area contributed by atoms with E-state index in [0.29, 0.717) is 0 Å². The van der Waals surface area contributed by atoms with Crippen LogP contribution >= 0.6 is 0 Å². The van der Waals surface area contributed by atoms with E-state index in [-0.39, 0.29) is 18.2 Å². The highest BCUT2D eigenvalue weighted by atomic mass is 16.5. The van der Waals surface area contributed by atoms with Crippen molar-refractivity contribution in [1.82, 2.24) is 5.32 Å². The van der Waals surface area contributed by atoms with E-state index >= 15 is 0 Å². The van der Waals surface area contributed by atoms with E-state index in [1.165, 1.54) is 0 Å². The van der Waals surface area contributed by atoms with Crippen LogP contribution in [0.2, 0.25) is 0 Å². The molecule has 0 aliphatic rings. The fourth-order valence-corrected chi connectivity index (χ4v) is 1.49. The maximum Gasteiger partial charge on any atom is 0.332 e. The Bertz CT molecular complexity index is 415. The number of carbonyl (C=O) groups is 1. The minimum atomic E-state index is -0.982. The predicted molar refractivity (Wildman–Crippen MR) is 66.2 cm³/mol. The van der Waals surface area contributed by atoms with Gasteiger partial charge in [-0.2, -0.15) is 0 Å². The summed E-state index contributed by atoms with van der Waals surface area (Å²) in [4.78, 5) is 10.6. The van der Waals surface area contributed by atoms with Crippen LogP contribution in [0.25, 0.3) is 0 Å². The highest BCUT2D eigenvalue weighted by Gasteiger charge is 2.11. The number of carboxylic acid groups (broad SMARTS) is 1. The zero-order valence-corrected chi connectivity index (χ0v) is 10.1. The smallest absolute Gasteiger partial charge is 0.332 e. The van der Waals surface area contributed by atoms with Crippen LogP contribution in [-0.4, -0.2) is 24.7 Å². The van der Waals surface area contributed by atoms with Crippen molar-refractivity contribution >= 4 is 5.97 Å². The molecule has 0 amide bonds. The molecule has 4 nitrogen and oxygen atoms in total. The number of para-hydroxylation sites is 1. The summed E-state index contributed by atoms with van der Waals surface area (Å²) in [6, 6.07) is 7.63. The summed E-state index contributed by atoms with van der Waals surface area (Å²) in [5, 5.41) is 11.8. The molecule has 0 aromatic heterocycles. The van der Waals surface area contributed by atoms with Crippen LogP contribution in [0.5, 0.6) is 5.75 Å². The summed E-state index contributed by atoms with van der Waals surface area (Å²) < 4.78 is 5.24. The molecule has 0 saturated heterocycles. The number of benzene rings is 1. The third-order valence-electron chi connectivity index (χ3n) is 2.53. The van der Waals surface area contributed by atoms with Gasteiger partial charge >= 0.3 is 5.97 Å². The van der Waals surface area contributed by atoms with Gasteiger partial charge in [0.25, 0.3) is 0 Å². The molecule has 0 radical (unpaired) electrons. The summed E-state index contributed by atoms with van der Waals surface area (Å²) in [6.45, 7) is 5.67. The average molecular weight is 235 g/mol. The Balaban J connectivity index is 2.66. The van der Waals surface area contributed by atoms with Gasteiger partial charge in [-0.25, -0.2) is 4.79 Å². The molecule has 0 unspecified atom stereocenters. The normalized spacial score (nSPS) is 11.9. The molecule has 0 fully saturated rings. The lowest BCUT2D eigenvalue weighted by Gasteiger charge is -2.17. The molecular formula is C13H17NO3. The van der Waals surface area contributed by atoms with Crippen LogP contribution in [0.15, 0.2) is 36.4 Å². The Labute approximate surface area is 101 Å². The second-order valence-corrected chi connectivity index (χ2v) is 3.75. The molecular weight excluding hydrogens is 218 g/mol. The molecule has 2 N–H and O–H groups in total. The summed E-state index contributed by atoms with van der Waals surface area (Å²) in [6.07, 6.45) is 0. The maximum absolute atomic E-state index is 10.6. The van der Waals surface area contributed by atoms with E-state index in [1.54, 1.807) is 7.11 Å². The minimum absolute atomic E-state index is 0.00208. The number of hydrogen-bond donors (Lipinski definition) is 2. The second kappa shape index (κ2) is 6.06. The lowest BCUT2D eigenvalue weighted by Crippen LogP contribution is -2.24. The quantitative estimate of drug-likeness (QED) is 0.740. The van der Waals surface area contributed by atoms with E-state index in [4.69, 9.17) is 9.84 Å². The van der Waals surface area contributed by atoms with Crippen molar-refractivity contribution in [2.24, 2.45) is 0 Å². The third kappa shape index (κ3) is 3.60. The van der Waals surface area contributed by atoms with Crippen molar-refractivity contribution in [2.75, 3.05) is 13.7 Å². The van der Waals surface area contributed by atoms with Gasteiger partial charge in [0.15, 0.2) is 0 Å². The summed E-state index contributed by atoms with van der Waals surface area (Å²) in [5.74, 6) is -0.196. The predicted octanol–water partition coefficient (Wildman–Crippen LogP) is 1.99. The minimum Gasteiger partial charge on any atom is -0.496 e. The van der Waals surface area contributed by atoms with Gasteiger partial charge < -0.3 is 15.2 Å². The number of ether oxygens (including phenoxy) is 1. The largest absolute Gasteiger partial charge is 0.496 e. The second-order valence-electron chi connectivity index (χ2n) is 3.75. The topological polar surface area (TPSA) is 58.6 Å². The molecule has 0 saturated carbocycles. The van der Waals surface area contributed by atoms with Gasteiger partial charge in [0.2, 0.25) is 0 Å². The third-order valence-corrected chi connectivity index (χ3v) is 2.53. The van der Waals surface area contributed by atoms with Crippen molar-refractivity contribution in [3.8, 4) is 5.75 Å². The summed E-state index contributed by atoms with van der Waals surface area (Å²) in [7, 11) is 1.61. The van der Waals surface area contributed by atoms with Crippen molar-refractivity contribution in [2.45, 2.75) is 13.0 Å².